The van der Waals surface area contributed by atoms with Gasteiger partial charge in [0.2, 0.25) is 0 Å². The van der Waals surface area contributed by atoms with Crippen molar-refractivity contribution < 1.29 is 19.1 Å². The summed E-state index contributed by atoms with van der Waals surface area (Å²) in [5, 5.41) is 0. The van der Waals surface area contributed by atoms with Gasteiger partial charge in [0, 0.05) is 17.7 Å². The van der Waals surface area contributed by atoms with Crippen LogP contribution in [0.3, 0.4) is 0 Å². The highest BCUT2D eigenvalue weighted by Crippen LogP contribution is 2.19. The highest BCUT2D eigenvalue weighted by Gasteiger charge is 2.05. The number of esters is 2. The van der Waals surface area contributed by atoms with Crippen LogP contribution in [0.1, 0.15) is 5.56 Å². The molecule has 0 atom stereocenters. The number of carbonyl (C=O) groups excluding carboxylic acids is 2. The van der Waals surface area contributed by atoms with Crippen LogP contribution in [0.4, 0.5) is 0 Å². The molecule has 0 saturated carbocycles. The van der Waals surface area contributed by atoms with Crippen LogP contribution in [0.15, 0.2) is 55.1 Å². The molecule has 0 aliphatic carbocycles. The number of para-hydroxylation sites is 1. The molecule has 0 amide bonds. The quantitative estimate of drug-likeness (QED) is 0.352. The molecule has 0 radical (unpaired) electrons. The molecule has 0 aliphatic heterocycles. The van der Waals surface area contributed by atoms with Crippen molar-refractivity contribution in [3.05, 3.63) is 60.7 Å². The fourth-order valence-corrected chi connectivity index (χ4v) is 1.23. The van der Waals surface area contributed by atoms with Crippen molar-refractivity contribution >= 4 is 18.0 Å². The van der Waals surface area contributed by atoms with Crippen LogP contribution in [-0.4, -0.2) is 19.0 Å². The molecule has 0 heterocycles. The summed E-state index contributed by atoms with van der Waals surface area (Å²) in [4.78, 5) is 22.3. The molecular weight excluding hydrogens is 244 g/mol. The zero-order valence-electron chi connectivity index (χ0n) is 10.5. The normalized spacial score (nSPS) is 10.6. The van der Waals surface area contributed by atoms with Crippen molar-refractivity contribution in [2.75, 3.05) is 7.11 Å². The van der Waals surface area contributed by atoms with E-state index in [1.807, 2.05) is 6.07 Å². The van der Waals surface area contributed by atoms with Crippen molar-refractivity contribution in [2.45, 2.75) is 0 Å². The third kappa shape index (κ3) is 5.04. The molecule has 19 heavy (non-hydrogen) atoms. The van der Waals surface area contributed by atoms with Gasteiger partial charge < -0.3 is 9.47 Å². The minimum absolute atomic E-state index is 0.403. The van der Waals surface area contributed by atoms with Gasteiger partial charge in [-0.25, -0.2) is 9.59 Å². The second kappa shape index (κ2) is 7.66. The predicted molar refractivity (Wildman–Crippen MR) is 72.5 cm³/mol. The molecule has 0 fully saturated rings. The molecule has 0 aliphatic rings. The first-order valence-corrected chi connectivity index (χ1v) is 5.53. The topological polar surface area (TPSA) is 52.6 Å². The standard InChI is InChI=1S/C15H14O4/c1-3-4-7-12-8-5-6-9-13(12)19-15(17)11-10-14(16)18-2/h3-11H,1H2,2H3/b7-4+,11-10-. The molecule has 1 aromatic carbocycles. The zero-order valence-corrected chi connectivity index (χ0v) is 10.5. The lowest BCUT2D eigenvalue weighted by atomic mass is 10.2. The van der Waals surface area contributed by atoms with Crippen molar-refractivity contribution in [3.8, 4) is 5.75 Å². The lowest BCUT2D eigenvalue weighted by molar-refractivity contribution is -0.135. The van der Waals surface area contributed by atoms with Gasteiger partial charge in [0.05, 0.1) is 7.11 Å². The van der Waals surface area contributed by atoms with Crippen LogP contribution in [0.2, 0.25) is 0 Å². The summed E-state index contributed by atoms with van der Waals surface area (Å²) >= 11 is 0. The van der Waals surface area contributed by atoms with Crippen LogP contribution in [0, 0.1) is 0 Å². The smallest absolute Gasteiger partial charge is 0.336 e. The maximum Gasteiger partial charge on any atom is 0.336 e. The van der Waals surface area contributed by atoms with E-state index >= 15 is 0 Å². The molecule has 0 aromatic heterocycles. The minimum Gasteiger partial charge on any atom is -0.466 e. The molecule has 4 nitrogen and oxygen atoms in total. The SMILES string of the molecule is C=C/C=C/c1ccccc1OC(=O)/C=C\C(=O)OC. The van der Waals surface area contributed by atoms with Gasteiger partial charge in [-0.05, 0) is 6.07 Å². The Balaban J connectivity index is 2.79. The van der Waals surface area contributed by atoms with E-state index in [0.29, 0.717) is 5.75 Å². The van der Waals surface area contributed by atoms with Crippen LogP contribution >= 0.6 is 0 Å². The fraction of sp³-hybridized carbons (Fsp3) is 0.0667. The molecule has 1 rings (SSSR count). The Morgan fingerprint density at radius 2 is 1.84 bits per heavy atom. The maximum atomic E-state index is 11.5. The third-order valence-corrected chi connectivity index (χ3v) is 2.10. The monoisotopic (exact) mass is 258 g/mol. The third-order valence-electron chi connectivity index (χ3n) is 2.10. The molecule has 0 saturated heterocycles. The van der Waals surface area contributed by atoms with Crippen LogP contribution < -0.4 is 4.74 Å². The van der Waals surface area contributed by atoms with Gasteiger partial charge in [0.25, 0.3) is 0 Å². The first-order chi connectivity index (χ1) is 9.17. The first kappa shape index (κ1) is 14.4. The molecular formula is C15H14O4. The lowest BCUT2D eigenvalue weighted by Gasteiger charge is -2.04. The summed E-state index contributed by atoms with van der Waals surface area (Å²) in [6.45, 7) is 3.57. The number of ether oxygens (including phenoxy) is 2. The number of hydrogen-bond donors (Lipinski definition) is 0. The van der Waals surface area contributed by atoms with Crippen LogP contribution in [0.5, 0.6) is 5.75 Å². The average Bonchev–Trinajstić information content (AvgIpc) is 2.43. The molecule has 1 aromatic rings. The summed E-state index contributed by atoms with van der Waals surface area (Å²) in [6, 6.07) is 7.03. The number of carbonyl (C=O) groups is 2. The van der Waals surface area contributed by atoms with E-state index in [1.54, 1.807) is 36.4 Å². The van der Waals surface area contributed by atoms with E-state index in [2.05, 4.69) is 11.3 Å². The largest absolute Gasteiger partial charge is 0.466 e. The van der Waals surface area contributed by atoms with Gasteiger partial charge in [-0.3, -0.25) is 0 Å². The molecule has 0 spiro atoms. The molecule has 4 heteroatoms. The van der Waals surface area contributed by atoms with Gasteiger partial charge in [-0.2, -0.15) is 0 Å². The highest BCUT2D eigenvalue weighted by molar-refractivity contribution is 5.92. The minimum atomic E-state index is -0.648. The summed E-state index contributed by atoms with van der Waals surface area (Å²) in [6.07, 6.45) is 7.14. The zero-order chi connectivity index (χ0) is 14.1. The number of rotatable bonds is 5. The number of allylic oxidation sites excluding steroid dienone is 2. The van der Waals surface area contributed by atoms with Gasteiger partial charge in [0.1, 0.15) is 5.75 Å². The Morgan fingerprint density at radius 1 is 1.16 bits per heavy atom. The number of benzene rings is 1. The molecule has 0 bridgehead atoms. The summed E-state index contributed by atoms with van der Waals surface area (Å²) in [5.74, 6) is -0.859. The lowest BCUT2D eigenvalue weighted by Crippen LogP contribution is -2.06. The molecule has 98 valence electrons. The summed E-state index contributed by atoms with van der Waals surface area (Å²) in [7, 11) is 1.23. The fourth-order valence-electron chi connectivity index (χ4n) is 1.23. The Morgan fingerprint density at radius 3 is 2.53 bits per heavy atom. The predicted octanol–water partition coefficient (Wildman–Crippen LogP) is 2.52. The first-order valence-electron chi connectivity index (χ1n) is 5.53. The average molecular weight is 258 g/mol. The second-order valence-electron chi connectivity index (χ2n) is 3.41. The molecule has 0 unspecified atom stereocenters. The highest BCUT2D eigenvalue weighted by atomic mass is 16.5. The Bertz CT molecular complexity index is 527. The van der Waals surface area contributed by atoms with Crippen molar-refractivity contribution in [2.24, 2.45) is 0 Å². The number of hydrogen-bond acceptors (Lipinski definition) is 4. The van der Waals surface area contributed by atoms with E-state index in [-0.39, 0.29) is 0 Å². The van der Waals surface area contributed by atoms with E-state index in [0.717, 1.165) is 17.7 Å². The summed E-state index contributed by atoms with van der Waals surface area (Å²) < 4.78 is 9.49. The van der Waals surface area contributed by atoms with Gasteiger partial charge in [-0.15, -0.1) is 0 Å². The van der Waals surface area contributed by atoms with E-state index in [4.69, 9.17) is 4.74 Å². The van der Waals surface area contributed by atoms with E-state index < -0.39 is 11.9 Å². The van der Waals surface area contributed by atoms with Gasteiger partial charge in [0.15, 0.2) is 0 Å². The Hall–Kier alpha value is -2.62. The number of methoxy groups -OCH3 is 1. The van der Waals surface area contributed by atoms with E-state index in [9.17, 15) is 9.59 Å². The Labute approximate surface area is 111 Å². The van der Waals surface area contributed by atoms with Crippen LogP contribution in [0.25, 0.3) is 6.08 Å². The second-order valence-corrected chi connectivity index (χ2v) is 3.41. The van der Waals surface area contributed by atoms with Crippen LogP contribution in [-0.2, 0) is 14.3 Å². The van der Waals surface area contributed by atoms with Crippen molar-refractivity contribution in [1.29, 1.82) is 0 Å². The van der Waals surface area contributed by atoms with E-state index in [1.165, 1.54) is 7.11 Å². The maximum absolute atomic E-state index is 11.5. The summed E-state index contributed by atoms with van der Waals surface area (Å²) in [5.41, 5.74) is 0.738. The Kier molecular flexibility index (Phi) is 5.82. The van der Waals surface area contributed by atoms with Crippen molar-refractivity contribution in [1.82, 2.24) is 0 Å². The van der Waals surface area contributed by atoms with Crippen molar-refractivity contribution in [3.63, 3.8) is 0 Å². The molecule has 0 N–H and O–H groups in total. The van der Waals surface area contributed by atoms with Gasteiger partial charge in [-0.1, -0.05) is 43.0 Å². The van der Waals surface area contributed by atoms with Gasteiger partial charge >= 0.3 is 11.9 Å².